The lowest BCUT2D eigenvalue weighted by molar-refractivity contribution is -0.383. The molecule has 1 aromatic heterocycles. The van der Waals surface area contributed by atoms with Crippen LogP contribution in [0.2, 0.25) is 0 Å². The van der Waals surface area contributed by atoms with Crippen LogP contribution in [0.1, 0.15) is 26.2 Å². The molecule has 5 heteroatoms. The number of nitro groups is 1. The molecule has 2 atom stereocenters. The Bertz CT molecular complexity index is 657. The smallest absolute Gasteiger partial charge is 0.278 e. The van der Waals surface area contributed by atoms with Gasteiger partial charge in [-0.3, -0.25) is 15.1 Å². The first-order chi connectivity index (χ1) is 9.66. The molecular formula is C15H17N3O2. The van der Waals surface area contributed by atoms with Crippen LogP contribution in [-0.4, -0.2) is 15.9 Å². The first-order valence-electron chi connectivity index (χ1n) is 6.94. The predicted octanol–water partition coefficient (Wildman–Crippen LogP) is 3.74. The van der Waals surface area contributed by atoms with E-state index < -0.39 is 0 Å². The zero-order chi connectivity index (χ0) is 14.1. The molecule has 0 saturated heterocycles. The second kappa shape index (κ2) is 5.07. The number of non-ortho nitro benzene ring substituents is 1. The normalized spacial score (nSPS) is 22.1. The number of hydrogen-bond acceptors (Lipinski definition) is 4. The molecule has 1 aromatic carbocycles. The van der Waals surface area contributed by atoms with Crippen molar-refractivity contribution in [3.8, 4) is 0 Å². The molecule has 104 valence electrons. The van der Waals surface area contributed by atoms with E-state index in [1.54, 1.807) is 18.5 Å². The summed E-state index contributed by atoms with van der Waals surface area (Å²) in [7, 11) is 0. The summed E-state index contributed by atoms with van der Waals surface area (Å²) >= 11 is 0. The lowest BCUT2D eigenvalue weighted by atomic mass is 10.0. The van der Waals surface area contributed by atoms with E-state index in [1.165, 1.54) is 12.8 Å². The molecule has 0 aliphatic heterocycles. The standard InChI is InChI=1S/C15H17N3O2/c1-10-3-2-4-13(10)17-14-5-6-15(18(19)20)12-9-16-8-7-11(12)14/h5-10,13,17H,2-4H2,1H3. The van der Waals surface area contributed by atoms with Gasteiger partial charge in [0.15, 0.2) is 0 Å². The number of anilines is 1. The van der Waals surface area contributed by atoms with Crippen LogP contribution in [0.5, 0.6) is 0 Å². The number of rotatable bonds is 3. The molecule has 0 spiro atoms. The van der Waals surface area contributed by atoms with Crippen LogP contribution in [0.4, 0.5) is 11.4 Å². The third kappa shape index (κ3) is 2.19. The maximum atomic E-state index is 11.1. The molecule has 1 N–H and O–H groups in total. The van der Waals surface area contributed by atoms with E-state index in [-0.39, 0.29) is 10.6 Å². The van der Waals surface area contributed by atoms with E-state index in [9.17, 15) is 10.1 Å². The van der Waals surface area contributed by atoms with Crippen molar-refractivity contribution in [2.45, 2.75) is 32.2 Å². The Morgan fingerprint density at radius 3 is 2.85 bits per heavy atom. The van der Waals surface area contributed by atoms with Crippen LogP contribution < -0.4 is 5.32 Å². The predicted molar refractivity (Wildman–Crippen MR) is 78.8 cm³/mol. The molecule has 1 heterocycles. The van der Waals surface area contributed by atoms with E-state index >= 15 is 0 Å². The number of fused-ring (bicyclic) bond motifs is 1. The van der Waals surface area contributed by atoms with E-state index in [4.69, 9.17) is 0 Å². The number of hydrogen-bond donors (Lipinski definition) is 1. The fraction of sp³-hybridized carbons (Fsp3) is 0.400. The maximum Gasteiger partial charge on any atom is 0.278 e. The van der Waals surface area contributed by atoms with Gasteiger partial charge in [-0.05, 0) is 30.9 Å². The van der Waals surface area contributed by atoms with Gasteiger partial charge in [-0.25, -0.2) is 0 Å². The van der Waals surface area contributed by atoms with Crippen LogP contribution in [-0.2, 0) is 0 Å². The van der Waals surface area contributed by atoms with Crippen molar-refractivity contribution in [2.75, 3.05) is 5.32 Å². The topological polar surface area (TPSA) is 68.1 Å². The van der Waals surface area contributed by atoms with Crippen LogP contribution in [0.3, 0.4) is 0 Å². The van der Waals surface area contributed by atoms with E-state index in [1.807, 2.05) is 12.1 Å². The van der Waals surface area contributed by atoms with E-state index in [0.29, 0.717) is 17.3 Å². The summed E-state index contributed by atoms with van der Waals surface area (Å²) in [5.41, 5.74) is 1.07. The minimum atomic E-state index is -0.355. The van der Waals surface area contributed by atoms with Gasteiger partial charge in [-0.1, -0.05) is 13.3 Å². The van der Waals surface area contributed by atoms with Crippen LogP contribution >= 0.6 is 0 Å². The molecule has 0 bridgehead atoms. The first-order valence-corrected chi connectivity index (χ1v) is 6.94. The minimum absolute atomic E-state index is 0.109. The van der Waals surface area contributed by atoms with Gasteiger partial charge >= 0.3 is 0 Å². The van der Waals surface area contributed by atoms with Crippen LogP contribution in [0, 0.1) is 16.0 Å². The highest BCUT2D eigenvalue weighted by atomic mass is 16.6. The fourth-order valence-corrected chi connectivity index (χ4v) is 3.02. The average molecular weight is 271 g/mol. The SMILES string of the molecule is CC1CCCC1Nc1ccc([N+](=O)[O-])c2cnccc12. The molecule has 0 radical (unpaired) electrons. The molecule has 5 nitrogen and oxygen atoms in total. The lowest BCUT2D eigenvalue weighted by Gasteiger charge is -2.19. The van der Waals surface area contributed by atoms with Gasteiger partial charge in [0, 0.05) is 35.6 Å². The number of nitro benzene ring substituents is 1. The summed E-state index contributed by atoms with van der Waals surface area (Å²) in [5.74, 6) is 0.641. The fourth-order valence-electron chi connectivity index (χ4n) is 3.02. The van der Waals surface area contributed by atoms with E-state index in [2.05, 4.69) is 17.2 Å². The Balaban J connectivity index is 2.04. The van der Waals surface area contributed by atoms with Crippen molar-refractivity contribution in [3.63, 3.8) is 0 Å². The molecule has 20 heavy (non-hydrogen) atoms. The Morgan fingerprint density at radius 1 is 1.30 bits per heavy atom. The van der Waals surface area contributed by atoms with Crippen LogP contribution in [0.15, 0.2) is 30.6 Å². The van der Waals surface area contributed by atoms with Crippen LogP contribution in [0.25, 0.3) is 10.8 Å². The number of aromatic nitrogens is 1. The second-order valence-electron chi connectivity index (χ2n) is 5.47. The summed E-state index contributed by atoms with van der Waals surface area (Å²) in [5, 5.41) is 16.1. The Labute approximate surface area is 117 Å². The zero-order valence-electron chi connectivity index (χ0n) is 11.4. The molecule has 2 aromatic rings. The summed E-state index contributed by atoms with van der Waals surface area (Å²) in [4.78, 5) is 14.7. The summed E-state index contributed by atoms with van der Waals surface area (Å²) < 4.78 is 0. The number of pyridine rings is 1. The molecular weight excluding hydrogens is 254 g/mol. The molecule has 1 fully saturated rings. The maximum absolute atomic E-state index is 11.1. The molecule has 1 aliphatic carbocycles. The number of benzene rings is 1. The molecule has 2 unspecified atom stereocenters. The molecule has 1 aliphatic rings. The third-order valence-corrected chi connectivity index (χ3v) is 4.19. The monoisotopic (exact) mass is 271 g/mol. The van der Waals surface area contributed by atoms with Crippen molar-refractivity contribution in [1.82, 2.24) is 4.98 Å². The molecule has 1 saturated carbocycles. The van der Waals surface area contributed by atoms with Gasteiger partial charge in [0.05, 0.1) is 10.3 Å². The van der Waals surface area contributed by atoms with Crippen molar-refractivity contribution < 1.29 is 4.92 Å². The van der Waals surface area contributed by atoms with Crippen molar-refractivity contribution in [3.05, 3.63) is 40.7 Å². The lowest BCUT2D eigenvalue weighted by Crippen LogP contribution is -2.21. The Morgan fingerprint density at radius 2 is 2.15 bits per heavy atom. The largest absolute Gasteiger partial charge is 0.382 e. The van der Waals surface area contributed by atoms with Crippen molar-refractivity contribution in [1.29, 1.82) is 0 Å². The van der Waals surface area contributed by atoms with Gasteiger partial charge < -0.3 is 5.32 Å². The van der Waals surface area contributed by atoms with E-state index in [0.717, 1.165) is 17.5 Å². The highest BCUT2D eigenvalue weighted by Gasteiger charge is 2.24. The molecule has 0 amide bonds. The van der Waals surface area contributed by atoms with Gasteiger partial charge in [-0.2, -0.15) is 0 Å². The minimum Gasteiger partial charge on any atom is -0.382 e. The quantitative estimate of drug-likeness (QED) is 0.682. The summed E-state index contributed by atoms with van der Waals surface area (Å²) in [6.45, 7) is 2.25. The van der Waals surface area contributed by atoms with Gasteiger partial charge in [0.1, 0.15) is 0 Å². The first kappa shape index (κ1) is 12.8. The average Bonchev–Trinajstić information content (AvgIpc) is 2.84. The van der Waals surface area contributed by atoms with Gasteiger partial charge in [0.2, 0.25) is 0 Å². The number of nitrogens with zero attached hydrogens (tertiary/aromatic N) is 2. The summed E-state index contributed by atoms with van der Waals surface area (Å²) in [6, 6.07) is 5.66. The Hall–Kier alpha value is -2.17. The Kier molecular flexibility index (Phi) is 3.26. The summed E-state index contributed by atoms with van der Waals surface area (Å²) in [6.07, 6.45) is 6.88. The third-order valence-electron chi connectivity index (χ3n) is 4.19. The van der Waals surface area contributed by atoms with Gasteiger partial charge in [0.25, 0.3) is 5.69 Å². The highest BCUT2D eigenvalue weighted by Crippen LogP contribution is 2.34. The van der Waals surface area contributed by atoms with Gasteiger partial charge in [-0.15, -0.1) is 0 Å². The highest BCUT2D eigenvalue weighted by molar-refractivity contribution is 5.99. The van der Waals surface area contributed by atoms with Crippen molar-refractivity contribution in [2.24, 2.45) is 5.92 Å². The zero-order valence-corrected chi connectivity index (χ0v) is 11.4. The molecule has 3 rings (SSSR count). The second-order valence-corrected chi connectivity index (χ2v) is 5.47. The number of nitrogens with one attached hydrogen (secondary N) is 1. The van der Waals surface area contributed by atoms with Crippen molar-refractivity contribution >= 4 is 22.1 Å².